The fraction of sp³-hybridized carbons (Fsp3) is 0.579. The van der Waals surface area contributed by atoms with Gasteiger partial charge in [-0.1, -0.05) is 0 Å². The number of rotatable bonds is 6. The summed E-state index contributed by atoms with van der Waals surface area (Å²) in [5, 5.41) is 2.68. The first-order chi connectivity index (χ1) is 14.9. The lowest BCUT2D eigenvalue weighted by Gasteiger charge is -2.33. The minimum Gasteiger partial charge on any atom is -0.349 e. The third kappa shape index (κ3) is 5.81. The predicted octanol–water partition coefficient (Wildman–Crippen LogP) is 0.876. The van der Waals surface area contributed by atoms with Crippen LogP contribution in [0, 0.1) is 11.7 Å². The van der Waals surface area contributed by atoms with Crippen LogP contribution in [-0.4, -0.2) is 75.8 Å². The van der Waals surface area contributed by atoms with E-state index in [9.17, 15) is 34.7 Å². The van der Waals surface area contributed by atoms with Gasteiger partial charge in [0, 0.05) is 44.7 Å². The molecule has 2 atom stereocenters. The SMILES string of the molecule is CC(=O)N1CCN(S(=O)(=O)c2cc(C(=O)N[C@@H]3CC[C@H](CS(=O)(=O)F)C3)ccc2F)CC1. The van der Waals surface area contributed by atoms with Crippen LogP contribution in [0.25, 0.3) is 0 Å². The van der Waals surface area contributed by atoms with Crippen LogP contribution >= 0.6 is 0 Å². The molecule has 32 heavy (non-hydrogen) atoms. The van der Waals surface area contributed by atoms with Crippen LogP contribution in [0.4, 0.5) is 8.28 Å². The molecule has 1 aromatic carbocycles. The molecule has 1 heterocycles. The summed E-state index contributed by atoms with van der Waals surface area (Å²) < 4.78 is 75.9. The second-order valence-electron chi connectivity index (χ2n) is 8.11. The monoisotopic (exact) mass is 493 g/mol. The second kappa shape index (κ2) is 9.40. The summed E-state index contributed by atoms with van der Waals surface area (Å²) >= 11 is 0. The summed E-state index contributed by atoms with van der Waals surface area (Å²) in [5.74, 6) is -2.81. The highest BCUT2D eigenvalue weighted by Gasteiger charge is 2.33. The molecule has 9 nitrogen and oxygen atoms in total. The van der Waals surface area contributed by atoms with E-state index in [0.29, 0.717) is 12.8 Å². The fourth-order valence-corrected chi connectivity index (χ4v) is 6.51. The number of hydrogen-bond acceptors (Lipinski definition) is 6. The Morgan fingerprint density at radius 1 is 1.09 bits per heavy atom. The van der Waals surface area contributed by atoms with Crippen LogP contribution in [0.3, 0.4) is 0 Å². The summed E-state index contributed by atoms with van der Waals surface area (Å²) in [6.07, 6.45) is 1.17. The van der Waals surface area contributed by atoms with Gasteiger partial charge >= 0.3 is 10.2 Å². The molecule has 1 saturated carbocycles. The van der Waals surface area contributed by atoms with Gasteiger partial charge in [-0.15, -0.1) is 3.89 Å². The van der Waals surface area contributed by atoms with Gasteiger partial charge in [0.2, 0.25) is 15.9 Å². The van der Waals surface area contributed by atoms with Crippen molar-refractivity contribution in [3.8, 4) is 0 Å². The third-order valence-electron chi connectivity index (χ3n) is 5.81. The Bertz CT molecular complexity index is 1100. The van der Waals surface area contributed by atoms with E-state index in [4.69, 9.17) is 0 Å². The summed E-state index contributed by atoms with van der Waals surface area (Å²) in [6, 6.07) is 2.64. The van der Waals surface area contributed by atoms with Gasteiger partial charge in [0.25, 0.3) is 5.91 Å². The van der Waals surface area contributed by atoms with Crippen LogP contribution in [-0.2, 0) is 25.0 Å². The molecule has 0 unspecified atom stereocenters. The highest BCUT2D eigenvalue weighted by Crippen LogP contribution is 2.28. The number of nitrogens with one attached hydrogen (secondary N) is 1. The molecule has 3 rings (SSSR count). The Hall–Kier alpha value is -2.12. The van der Waals surface area contributed by atoms with Gasteiger partial charge < -0.3 is 10.2 Å². The van der Waals surface area contributed by atoms with Gasteiger partial charge in [-0.25, -0.2) is 12.8 Å². The lowest BCUT2D eigenvalue weighted by atomic mass is 10.1. The summed E-state index contributed by atoms with van der Waals surface area (Å²) in [4.78, 5) is 24.9. The van der Waals surface area contributed by atoms with E-state index in [1.54, 1.807) is 0 Å². The quantitative estimate of drug-likeness (QED) is 0.588. The first-order valence-corrected chi connectivity index (χ1v) is 13.1. The zero-order valence-electron chi connectivity index (χ0n) is 17.5. The normalized spacial score (nSPS) is 22.7. The molecule has 2 fully saturated rings. The standard InChI is InChI=1S/C19H25F2N3O6S2/c1-13(25)23-6-8-24(9-7-23)32(29,30)18-11-15(3-5-17(18)20)19(26)22-16-4-2-14(10-16)12-31(21,27)28/h3,5,11,14,16H,2,4,6-10,12H2,1H3,(H,22,26)/t14-,16+/m0/s1. The van der Waals surface area contributed by atoms with Crippen molar-refractivity contribution >= 4 is 32.1 Å². The molecule has 0 bridgehead atoms. The lowest BCUT2D eigenvalue weighted by molar-refractivity contribution is -0.129. The molecule has 0 radical (unpaired) electrons. The number of carbonyl (C=O) groups excluding carboxylic acids is 2. The second-order valence-corrected chi connectivity index (χ2v) is 11.4. The molecular formula is C19H25F2N3O6S2. The molecule has 1 saturated heterocycles. The number of nitrogens with zero attached hydrogens (tertiary/aromatic N) is 2. The van der Waals surface area contributed by atoms with Crippen molar-refractivity contribution in [2.24, 2.45) is 5.92 Å². The average molecular weight is 494 g/mol. The highest BCUT2D eigenvalue weighted by molar-refractivity contribution is 7.89. The van der Waals surface area contributed by atoms with Crippen LogP contribution in [0.2, 0.25) is 0 Å². The van der Waals surface area contributed by atoms with Crippen molar-refractivity contribution in [2.75, 3.05) is 31.9 Å². The molecule has 1 aliphatic carbocycles. The van der Waals surface area contributed by atoms with E-state index >= 15 is 0 Å². The van der Waals surface area contributed by atoms with Crippen molar-refractivity contribution in [1.82, 2.24) is 14.5 Å². The van der Waals surface area contributed by atoms with E-state index in [2.05, 4.69) is 5.32 Å². The zero-order chi connectivity index (χ0) is 23.7. The van der Waals surface area contributed by atoms with Gasteiger partial charge in [-0.05, 0) is 43.4 Å². The van der Waals surface area contributed by atoms with Gasteiger partial charge in [0.05, 0.1) is 5.75 Å². The number of halogens is 2. The number of piperazine rings is 1. The summed E-state index contributed by atoms with van der Waals surface area (Å²) in [7, 11) is -8.83. The number of hydrogen-bond donors (Lipinski definition) is 1. The Kier molecular flexibility index (Phi) is 7.20. The Balaban J connectivity index is 1.70. The zero-order valence-corrected chi connectivity index (χ0v) is 19.1. The molecule has 2 aliphatic rings. The third-order valence-corrected chi connectivity index (χ3v) is 8.59. The molecule has 1 N–H and O–H groups in total. The predicted molar refractivity (Wildman–Crippen MR) is 111 cm³/mol. The van der Waals surface area contributed by atoms with Crippen molar-refractivity contribution in [3.63, 3.8) is 0 Å². The molecule has 0 spiro atoms. The van der Waals surface area contributed by atoms with Crippen molar-refractivity contribution in [3.05, 3.63) is 29.6 Å². The van der Waals surface area contributed by atoms with E-state index in [1.807, 2.05) is 0 Å². The Morgan fingerprint density at radius 2 is 1.75 bits per heavy atom. The van der Waals surface area contributed by atoms with Crippen LogP contribution in [0.15, 0.2) is 23.1 Å². The smallest absolute Gasteiger partial charge is 0.302 e. The van der Waals surface area contributed by atoms with Crippen LogP contribution in [0.1, 0.15) is 36.5 Å². The maximum atomic E-state index is 14.4. The summed E-state index contributed by atoms with van der Waals surface area (Å²) in [5.41, 5.74) is -0.0612. The van der Waals surface area contributed by atoms with Crippen molar-refractivity contribution in [2.45, 2.75) is 37.1 Å². The number of carbonyl (C=O) groups is 2. The van der Waals surface area contributed by atoms with Gasteiger partial charge in [-0.2, -0.15) is 12.7 Å². The minimum atomic E-state index is -4.60. The Morgan fingerprint density at radius 3 is 2.34 bits per heavy atom. The molecule has 0 aromatic heterocycles. The van der Waals surface area contributed by atoms with Gasteiger partial charge in [-0.3, -0.25) is 9.59 Å². The fourth-order valence-electron chi connectivity index (χ4n) is 4.13. The van der Waals surface area contributed by atoms with Crippen molar-refractivity contribution < 1.29 is 34.7 Å². The first kappa shape index (κ1) is 24.5. The molecule has 1 aliphatic heterocycles. The largest absolute Gasteiger partial charge is 0.349 e. The molecule has 13 heteroatoms. The Labute approximate surface area is 186 Å². The van der Waals surface area contributed by atoms with Crippen molar-refractivity contribution in [1.29, 1.82) is 0 Å². The van der Waals surface area contributed by atoms with E-state index in [1.165, 1.54) is 11.8 Å². The molecule has 1 aromatic rings. The average Bonchev–Trinajstić information content (AvgIpc) is 3.13. The first-order valence-electron chi connectivity index (χ1n) is 10.2. The maximum Gasteiger partial charge on any atom is 0.302 e. The van der Waals surface area contributed by atoms with E-state index < -0.39 is 48.5 Å². The number of benzene rings is 1. The lowest BCUT2D eigenvalue weighted by Crippen LogP contribution is -2.50. The van der Waals surface area contributed by atoms with Crippen LogP contribution < -0.4 is 5.32 Å². The van der Waals surface area contributed by atoms with Gasteiger partial charge in [0.1, 0.15) is 10.7 Å². The molecule has 178 valence electrons. The topological polar surface area (TPSA) is 121 Å². The van der Waals surface area contributed by atoms with Crippen LogP contribution in [0.5, 0.6) is 0 Å². The molecule has 2 amide bonds. The maximum absolute atomic E-state index is 14.4. The minimum absolute atomic E-state index is 0.0126. The van der Waals surface area contributed by atoms with E-state index in [-0.39, 0.29) is 50.1 Å². The number of amides is 2. The van der Waals surface area contributed by atoms with E-state index in [0.717, 1.165) is 22.5 Å². The summed E-state index contributed by atoms with van der Waals surface area (Å²) in [6.45, 7) is 1.79. The number of sulfonamides is 1. The van der Waals surface area contributed by atoms with Gasteiger partial charge in [0.15, 0.2) is 0 Å². The molecular weight excluding hydrogens is 468 g/mol. The highest BCUT2D eigenvalue weighted by atomic mass is 32.3.